The molecule has 0 saturated carbocycles. The lowest BCUT2D eigenvalue weighted by molar-refractivity contribution is -0.130. The first-order valence-electron chi connectivity index (χ1n) is 3.37. The van der Waals surface area contributed by atoms with Gasteiger partial charge in [-0.3, -0.25) is 0 Å². The molecule has 0 unspecified atom stereocenters. The third-order valence-electron chi connectivity index (χ3n) is 1.09. The Morgan fingerprint density at radius 1 is 1.45 bits per heavy atom. The van der Waals surface area contributed by atoms with Crippen molar-refractivity contribution in [3.8, 4) is 0 Å². The summed E-state index contributed by atoms with van der Waals surface area (Å²) in [5.74, 6) is -1.11. The van der Waals surface area contributed by atoms with Crippen LogP contribution in [0.15, 0.2) is 12.3 Å². The van der Waals surface area contributed by atoms with E-state index in [9.17, 15) is 13.2 Å². The van der Waals surface area contributed by atoms with Gasteiger partial charge in [-0.05, 0) is 6.42 Å². The Morgan fingerprint density at radius 2 is 2.00 bits per heavy atom. The number of hydrogen-bond donors (Lipinski definition) is 0. The molecule has 0 aliphatic rings. The van der Waals surface area contributed by atoms with Gasteiger partial charge >= 0.3 is 6.18 Å². The lowest BCUT2D eigenvalue weighted by Crippen LogP contribution is -2.13. The molecule has 0 radical (unpaired) electrons. The third-order valence-corrected chi connectivity index (χ3v) is 1.09. The molecule has 0 bridgehead atoms. The fraction of sp³-hybridized carbons (Fsp3) is 0.714. The predicted octanol–water partition coefficient (Wildman–Crippen LogP) is 2.88. The summed E-state index contributed by atoms with van der Waals surface area (Å²) in [6.07, 6.45) is -2.98. The molecule has 0 rings (SSSR count). The largest absolute Gasteiger partial charge is 0.489 e. The highest BCUT2D eigenvalue weighted by molar-refractivity contribution is 4.91. The van der Waals surface area contributed by atoms with Gasteiger partial charge in [0.15, 0.2) is 5.76 Å². The molecule has 0 aliphatic carbocycles. The summed E-state index contributed by atoms with van der Waals surface area (Å²) in [6, 6.07) is 0. The molecule has 0 spiro atoms. The summed E-state index contributed by atoms with van der Waals surface area (Å²) in [5.41, 5.74) is 0. The van der Waals surface area contributed by atoms with E-state index in [0.717, 1.165) is 6.42 Å². The fourth-order valence-electron chi connectivity index (χ4n) is 0.422. The van der Waals surface area contributed by atoms with Crippen molar-refractivity contribution < 1.29 is 17.9 Å². The summed E-state index contributed by atoms with van der Waals surface area (Å²) in [4.78, 5) is 0. The lowest BCUT2D eigenvalue weighted by atomic mass is 10.4. The number of alkyl halides is 3. The van der Waals surface area contributed by atoms with E-state index in [-0.39, 0.29) is 6.61 Å². The Hall–Kier alpha value is -0.670. The molecular weight excluding hydrogens is 157 g/mol. The van der Waals surface area contributed by atoms with E-state index in [4.69, 9.17) is 0 Å². The summed E-state index contributed by atoms with van der Waals surface area (Å²) in [5, 5.41) is 0. The van der Waals surface area contributed by atoms with Crippen molar-refractivity contribution in [1.29, 1.82) is 0 Å². The molecule has 66 valence electrons. The Balaban J connectivity index is 3.54. The Labute approximate surface area is 63.8 Å². The highest BCUT2D eigenvalue weighted by Crippen LogP contribution is 2.24. The maximum atomic E-state index is 11.7. The molecule has 0 aliphatic heterocycles. The minimum absolute atomic E-state index is 0.0921. The van der Waals surface area contributed by atoms with Crippen LogP contribution in [0.4, 0.5) is 13.2 Å². The summed E-state index contributed by atoms with van der Waals surface area (Å²) < 4.78 is 39.3. The van der Waals surface area contributed by atoms with Crippen LogP contribution in [0.25, 0.3) is 0 Å². The summed E-state index contributed by atoms with van der Waals surface area (Å²) in [6.45, 7) is 4.72. The molecule has 0 amide bonds. The van der Waals surface area contributed by atoms with Crippen LogP contribution in [0.2, 0.25) is 0 Å². The molecule has 0 saturated heterocycles. The van der Waals surface area contributed by atoms with Gasteiger partial charge in [0.05, 0.1) is 6.61 Å². The number of halogens is 3. The van der Waals surface area contributed by atoms with Crippen LogP contribution >= 0.6 is 0 Å². The van der Waals surface area contributed by atoms with Crippen LogP contribution in [0.5, 0.6) is 0 Å². The molecule has 11 heavy (non-hydrogen) atoms. The van der Waals surface area contributed by atoms with E-state index >= 15 is 0 Å². The van der Waals surface area contributed by atoms with Crippen LogP contribution in [-0.2, 0) is 4.74 Å². The van der Waals surface area contributed by atoms with Gasteiger partial charge in [-0.15, -0.1) is 0 Å². The molecule has 0 N–H and O–H groups in total. The average Bonchev–Trinajstić information content (AvgIpc) is 1.86. The van der Waals surface area contributed by atoms with Gasteiger partial charge in [0.2, 0.25) is 0 Å². The van der Waals surface area contributed by atoms with Gasteiger partial charge in [0.25, 0.3) is 0 Å². The number of allylic oxidation sites excluding steroid dienone is 1. The van der Waals surface area contributed by atoms with E-state index in [1.807, 2.05) is 6.92 Å². The number of hydrogen-bond acceptors (Lipinski definition) is 1. The van der Waals surface area contributed by atoms with Crippen molar-refractivity contribution in [1.82, 2.24) is 0 Å². The van der Waals surface area contributed by atoms with Crippen molar-refractivity contribution in [3.63, 3.8) is 0 Å². The third kappa shape index (κ3) is 4.70. The molecular formula is C7H11F3O. The second kappa shape index (κ2) is 4.26. The fourth-order valence-corrected chi connectivity index (χ4v) is 0.422. The van der Waals surface area contributed by atoms with Gasteiger partial charge in [-0.25, -0.2) is 0 Å². The number of unbranched alkanes of at least 4 members (excludes halogenated alkanes) is 1. The lowest BCUT2D eigenvalue weighted by Gasteiger charge is -2.10. The van der Waals surface area contributed by atoms with Crippen molar-refractivity contribution >= 4 is 0 Å². The minimum Gasteiger partial charge on any atom is -0.489 e. The van der Waals surface area contributed by atoms with Crippen LogP contribution in [-0.4, -0.2) is 12.8 Å². The maximum Gasteiger partial charge on any atom is 0.448 e. The van der Waals surface area contributed by atoms with Gasteiger partial charge < -0.3 is 4.74 Å². The first-order valence-corrected chi connectivity index (χ1v) is 3.37. The summed E-state index contributed by atoms with van der Waals surface area (Å²) >= 11 is 0. The van der Waals surface area contributed by atoms with Crippen LogP contribution in [0, 0.1) is 0 Å². The molecule has 4 heteroatoms. The average molecular weight is 168 g/mol. The molecule has 1 nitrogen and oxygen atoms in total. The molecule has 0 atom stereocenters. The number of rotatable bonds is 4. The zero-order valence-electron chi connectivity index (χ0n) is 6.37. The van der Waals surface area contributed by atoms with Crippen molar-refractivity contribution in [2.75, 3.05) is 6.61 Å². The standard InChI is InChI=1S/C7H11F3O/c1-3-4-5-11-6(2)7(8,9)10/h2-5H2,1H3. The topological polar surface area (TPSA) is 9.23 Å². The number of ether oxygens (including phenoxy) is 1. The SMILES string of the molecule is C=C(OCCCC)C(F)(F)F. The highest BCUT2D eigenvalue weighted by Gasteiger charge is 2.33. The van der Waals surface area contributed by atoms with Gasteiger partial charge in [0, 0.05) is 0 Å². The van der Waals surface area contributed by atoms with E-state index < -0.39 is 11.9 Å². The Bertz CT molecular complexity index is 128. The van der Waals surface area contributed by atoms with Crippen LogP contribution in [0.1, 0.15) is 19.8 Å². The smallest absolute Gasteiger partial charge is 0.448 e. The molecule has 0 aromatic heterocycles. The van der Waals surface area contributed by atoms with Crippen LogP contribution < -0.4 is 0 Å². The second-order valence-corrected chi connectivity index (χ2v) is 2.12. The molecule has 0 heterocycles. The first-order chi connectivity index (χ1) is 4.98. The van der Waals surface area contributed by atoms with Gasteiger partial charge in [0.1, 0.15) is 0 Å². The van der Waals surface area contributed by atoms with Crippen molar-refractivity contribution in [2.24, 2.45) is 0 Å². The second-order valence-electron chi connectivity index (χ2n) is 2.12. The molecule has 0 fully saturated rings. The quantitative estimate of drug-likeness (QED) is 0.463. The van der Waals surface area contributed by atoms with Gasteiger partial charge in [-0.2, -0.15) is 13.2 Å². The Kier molecular flexibility index (Phi) is 4.00. The summed E-state index contributed by atoms with van der Waals surface area (Å²) in [7, 11) is 0. The maximum absolute atomic E-state index is 11.7. The Morgan fingerprint density at radius 3 is 2.36 bits per heavy atom. The minimum atomic E-state index is -4.41. The highest BCUT2D eigenvalue weighted by atomic mass is 19.4. The molecule has 0 aromatic carbocycles. The molecule has 0 aromatic rings. The zero-order valence-corrected chi connectivity index (χ0v) is 6.37. The normalized spacial score (nSPS) is 11.3. The first kappa shape index (κ1) is 10.3. The van der Waals surface area contributed by atoms with E-state index in [2.05, 4.69) is 11.3 Å². The van der Waals surface area contributed by atoms with E-state index in [0.29, 0.717) is 6.42 Å². The van der Waals surface area contributed by atoms with Crippen LogP contribution in [0.3, 0.4) is 0 Å². The predicted molar refractivity (Wildman–Crippen MR) is 36.1 cm³/mol. The monoisotopic (exact) mass is 168 g/mol. The zero-order chi connectivity index (χ0) is 8.91. The van der Waals surface area contributed by atoms with Crippen molar-refractivity contribution in [3.05, 3.63) is 12.3 Å². The van der Waals surface area contributed by atoms with Gasteiger partial charge in [-0.1, -0.05) is 19.9 Å². The van der Waals surface area contributed by atoms with Crippen molar-refractivity contribution in [2.45, 2.75) is 25.9 Å². The van der Waals surface area contributed by atoms with E-state index in [1.54, 1.807) is 0 Å². The van der Waals surface area contributed by atoms with E-state index in [1.165, 1.54) is 0 Å².